The van der Waals surface area contributed by atoms with Gasteiger partial charge < -0.3 is 19.9 Å². The van der Waals surface area contributed by atoms with Gasteiger partial charge in [-0.3, -0.25) is 14.7 Å². The lowest BCUT2D eigenvalue weighted by Gasteiger charge is -2.39. The molecule has 51 heavy (non-hydrogen) atoms. The van der Waals surface area contributed by atoms with Crippen molar-refractivity contribution in [1.82, 2.24) is 15.2 Å². The average molecular weight is 678 g/mol. The lowest BCUT2D eigenvalue weighted by atomic mass is 9.97. The number of fused-ring (bicyclic) bond motifs is 1. The maximum atomic E-state index is 12.6. The van der Waals surface area contributed by atoms with Crippen LogP contribution in [0.3, 0.4) is 0 Å². The highest BCUT2D eigenvalue weighted by Crippen LogP contribution is 2.39. The van der Waals surface area contributed by atoms with E-state index in [0.29, 0.717) is 18.5 Å². The van der Waals surface area contributed by atoms with E-state index in [4.69, 9.17) is 9.47 Å². The van der Waals surface area contributed by atoms with E-state index in [1.807, 2.05) is 42.5 Å². The number of hydrogen-bond acceptors (Lipinski definition) is 6. The summed E-state index contributed by atoms with van der Waals surface area (Å²) in [5.41, 5.74) is 7.74. The second-order valence-electron chi connectivity index (χ2n) is 13.3. The molecule has 7 rings (SSSR count). The fourth-order valence-electron chi connectivity index (χ4n) is 6.74. The number of benzene rings is 5. The Bertz CT molecular complexity index is 2080. The van der Waals surface area contributed by atoms with Gasteiger partial charge in [-0.15, -0.1) is 0 Å². The number of aliphatic hydroxyl groups is 1. The number of carbonyl (C=O) groups excluding carboxylic acids is 1. The number of nitrogens with zero attached hydrogens (tertiary/aromatic N) is 2. The maximum absolute atomic E-state index is 12.6. The first-order valence-corrected chi connectivity index (χ1v) is 17.5. The number of pyridine rings is 1. The molecule has 0 unspecified atom stereocenters. The van der Waals surface area contributed by atoms with Crippen LogP contribution in [0.5, 0.6) is 0 Å². The van der Waals surface area contributed by atoms with Gasteiger partial charge in [0.05, 0.1) is 24.4 Å². The molecule has 0 aliphatic carbocycles. The van der Waals surface area contributed by atoms with Gasteiger partial charge in [0.25, 0.3) is 5.91 Å². The second kappa shape index (κ2) is 15.8. The van der Waals surface area contributed by atoms with Crippen LogP contribution in [-0.2, 0) is 22.6 Å². The highest BCUT2D eigenvalue weighted by Gasteiger charge is 2.33. The first-order valence-electron chi connectivity index (χ1n) is 17.5. The summed E-state index contributed by atoms with van der Waals surface area (Å²) < 4.78 is 13.5. The van der Waals surface area contributed by atoms with Gasteiger partial charge >= 0.3 is 0 Å². The molecule has 5 aromatic carbocycles. The van der Waals surface area contributed by atoms with Crippen LogP contribution in [-0.4, -0.2) is 40.6 Å². The number of ether oxygens (including phenoxy) is 2. The van der Waals surface area contributed by atoms with Gasteiger partial charge in [0.1, 0.15) is 0 Å². The van der Waals surface area contributed by atoms with Crippen molar-refractivity contribution in [3.8, 4) is 11.1 Å². The zero-order valence-electron chi connectivity index (χ0n) is 29.0. The van der Waals surface area contributed by atoms with Crippen molar-refractivity contribution in [2.24, 2.45) is 0 Å². The normalized spacial score (nSPS) is 18.1. The van der Waals surface area contributed by atoms with Crippen LogP contribution in [0, 0.1) is 0 Å². The fourth-order valence-corrected chi connectivity index (χ4v) is 6.74. The Kier molecular flexibility index (Phi) is 10.6. The summed E-state index contributed by atoms with van der Waals surface area (Å²) in [7, 11) is 2.16. The van der Waals surface area contributed by atoms with E-state index in [2.05, 4.69) is 102 Å². The Labute approximate surface area is 299 Å². The van der Waals surface area contributed by atoms with Gasteiger partial charge in [-0.25, -0.2) is 0 Å². The Morgan fingerprint density at radius 1 is 0.824 bits per heavy atom. The van der Waals surface area contributed by atoms with Crippen molar-refractivity contribution in [1.29, 1.82) is 0 Å². The van der Waals surface area contributed by atoms with Gasteiger partial charge in [-0.05, 0) is 88.5 Å². The van der Waals surface area contributed by atoms with E-state index in [9.17, 15) is 9.90 Å². The van der Waals surface area contributed by atoms with Crippen molar-refractivity contribution in [3.63, 3.8) is 0 Å². The molecule has 1 aliphatic rings. The average Bonchev–Trinajstić information content (AvgIpc) is 3.19. The molecule has 4 atom stereocenters. The molecule has 6 aromatic rings. The van der Waals surface area contributed by atoms with Gasteiger partial charge in [0, 0.05) is 43.5 Å². The minimum absolute atomic E-state index is 0.00247. The largest absolute Gasteiger partial charge is 0.392 e. The highest BCUT2D eigenvalue weighted by atomic mass is 16.7. The number of aliphatic hydroxyl groups excluding tert-OH is 1. The van der Waals surface area contributed by atoms with Gasteiger partial charge in [0.15, 0.2) is 6.29 Å². The molecule has 0 spiro atoms. The van der Waals surface area contributed by atoms with E-state index in [1.54, 1.807) is 24.5 Å². The minimum atomic E-state index is -0.572. The summed E-state index contributed by atoms with van der Waals surface area (Å²) in [6.07, 6.45) is 3.08. The third-order valence-corrected chi connectivity index (χ3v) is 9.82. The van der Waals surface area contributed by atoms with Crippen molar-refractivity contribution in [2.75, 3.05) is 13.6 Å². The summed E-state index contributed by atoms with van der Waals surface area (Å²) in [6.45, 7) is 3.38. The number of amides is 1. The van der Waals surface area contributed by atoms with E-state index in [0.717, 1.165) is 39.9 Å². The van der Waals surface area contributed by atoms with Crippen LogP contribution in [0.25, 0.3) is 21.9 Å². The zero-order chi connectivity index (χ0) is 35.2. The molecule has 0 radical (unpaired) electrons. The molecule has 1 amide bonds. The smallest absolute Gasteiger partial charge is 0.253 e. The molecular weight excluding hydrogens is 635 g/mol. The highest BCUT2D eigenvalue weighted by molar-refractivity contribution is 5.93. The first-order chi connectivity index (χ1) is 24.9. The molecule has 1 aromatic heterocycles. The summed E-state index contributed by atoms with van der Waals surface area (Å²) >= 11 is 0. The number of rotatable bonds is 11. The molecular formula is C44H43N3O4. The molecule has 2 heterocycles. The monoisotopic (exact) mass is 677 g/mol. The molecule has 2 N–H and O–H groups in total. The predicted octanol–water partition coefficient (Wildman–Crippen LogP) is 8.56. The van der Waals surface area contributed by atoms with Crippen LogP contribution in [0.15, 0.2) is 140 Å². The Hall–Kier alpha value is -5.18. The number of aromatic nitrogens is 1. The number of nitrogens with one attached hydrogen (secondary N) is 1. The summed E-state index contributed by atoms with van der Waals surface area (Å²) in [6, 6.07) is 43.4. The topological polar surface area (TPSA) is 83.9 Å². The van der Waals surface area contributed by atoms with Gasteiger partial charge in [-0.1, -0.05) is 97.1 Å². The lowest BCUT2D eigenvalue weighted by Crippen LogP contribution is -2.38. The molecule has 1 aliphatic heterocycles. The minimum Gasteiger partial charge on any atom is -0.392 e. The van der Waals surface area contributed by atoms with Crippen LogP contribution < -0.4 is 5.32 Å². The van der Waals surface area contributed by atoms with Crippen LogP contribution in [0.1, 0.15) is 70.0 Å². The van der Waals surface area contributed by atoms with Crippen LogP contribution in [0.4, 0.5) is 0 Å². The molecule has 0 bridgehead atoms. The van der Waals surface area contributed by atoms with Gasteiger partial charge in [0.2, 0.25) is 0 Å². The zero-order valence-corrected chi connectivity index (χ0v) is 29.0. The van der Waals surface area contributed by atoms with Gasteiger partial charge in [-0.2, -0.15) is 0 Å². The quantitative estimate of drug-likeness (QED) is 0.143. The third-order valence-electron chi connectivity index (χ3n) is 9.82. The van der Waals surface area contributed by atoms with Crippen LogP contribution >= 0.6 is 0 Å². The number of likely N-dealkylation sites (N-methyl/N-ethyl adjacent to an activating group) is 1. The summed E-state index contributed by atoms with van der Waals surface area (Å²) in [5.74, 6) is -0.158. The number of carbonyl (C=O) groups is 1. The van der Waals surface area contributed by atoms with Crippen LogP contribution in [0.2, 0.25) is 0 Å². The molecule has 7 heteroatoms. The fraction of sp³-hybridized carbons (Fsp3) is 0.227. The third kappa shape index (κ3) is 8.25. The Morgan fingerprint density at radius 3 is 2.39 bits per heavy atom. The van der Waals surface area contributed by atoms with Crippen molar-refractivity contribution >= 4 is 16.7 Å². The summed E-state index contributed by atoms with van der Waals surface area (Å²) in [4.78, 5) is 19.0. The molecule has 7 nitrogen and oxygen atoms in total. The van der Waals surface area contributed by atoms with E-state index in [1.165, 1.54) is 16.3 Å². The Morgan fingerprint density at radius 2 is 1.61 bits per heavy atom. The standard InChI is InChI=1S/C44H43N3O4/c1-30(35-20-19-33-9-3-4-10-37(33)23-35)47(2)28-41-25-42(34-17-15-31(29-48)16-18-34)51-44(50-41)39-13-6-12-38(24-39)36-11-5-8-32(22-36)26-46-43(49)40-14-7-21-45-27-40/h3-24,27,30,41-42,44,48H,25-26,28-29H2,1-2H3,(H,46,49)/t30-,41-,42+,44+/m1/s1. The van der Waals surface area contributed by atoms with E-state index < -0.39 is 6.29 Å². The SMILES string of the molecule is C[C@H](c1ccc2ccccc2c1)N(C)C[C@H]1C[C@@H](c2ccc(CO)cc2)O[C@@H](c2cccc(-c3cccc(CNC(=O)c4cccnc4)c3)c2)O1. The van der Waals surface area contributed by atoms with Crippen molar-refractivity contribution in [2.45, 2.75) is 51.0 Å². The number of hydrogen-bond donors (Lipinski definition) is 2. The van der Waals surface area contributed by atoms with E-state index >= 15 is 0 Å². The maximum Gasteiger partial charge on any atom is 0.253 e. The molecule has 0 saturated carbocycles. The molecule has 258 valence electrons. The molecule has 1 saturated heterocycles. The van der Waals surface area contributed by atoms with Crippen molar-refractivity contribution < 1.29 is 19.4 Å². The summed E-state index contributed by atoms with van der Waals surface area (Å²) in [5, 5.41) is 15.1. The first kappa shape index (κ1) is 34.3. The Balaban J connectivity index is 1.10. The van der Waals surface area contributed by atoms with E-state index in [-0.39, 0.29) is 30.8 Å². The second-order valence-corrected chi connectivity index (χ2v) is 13.3. The predicted molar refractivity (Wildman–Crippen MR) is 201 cm³/mol. The molecule has 1 fully saturated rings. The lowest BCUT2D eigenvalue weighted by molar-refractivity contribution is -0.253. The van der Waals surface area contributed by atoms with Crippen molar-refractivity contribution in [3.05, 3.63) is 173 Å².